The van der Waals surface area contributed by atoms with E-state index in [9.17, 15) is 0 Å². The summed E-state index contributed by atoms with van der Waals surface area (Å²) < 4.78 is 11.0. The molecule has 0 atom stereocenters. The smallest absolute Gasteiger partial charge is 0.509 e. The molecule has 0 spiro atoms. The van der Waals surface area contributed by atoms with Gasteiger partial charge in [0, 0.05) is 34.5 Å². The number of benzene rings is 4. The van der Waals surface area contributed by atoms with Crippen LogP contribution in [0, 0.1) is 12.1 Å². The standard InChI is InChI=1S/C46H48N4O.Pt/c1-9-31-16-15-17-32(10-2)45(31)46-40(11-3)48-50(41(46)12-4)35-24-34(30(7)8)25-37(27-35)51-36-20-21-39-38-18-13-14-19-42(38)49(43(39)28-36)44-26-33(29(5)6)22-23-47-44;/h13-26,29-30H,9-12H2,1-8H3;/q-2;+2. The summed E-state index contributed by atoms with van der Waals surface area (Å²) in [4.78, 5) is 4.82. The Labute approximate surface area is 323 Å². The first-order valence-electron chi connectivity index (χ1n) is 18.6. The van der Waals surface area contributed by atoms with Crippen LogP contribution in [0.25, 0.3) is 44.4 Å². The van der Waals surface area contributed by atoms with Gasteiger partial charge in [-0.2, -0.15) is 11.2 Å². The van der Waals surface area contributed by atoms with E-state index in [-0.39, 0.29) is 27.0 Å². The third-order valence-corrected chi connectivity index (χ3v) is 10.2. The van der Waals surface area contributed by atoms with Crippen molar-refractivity contribution < 1.29 is 25.8 Å². The van der Waals surface area contributed by atoms with Gasteiger partial charge in [0.25, 0.3) is 0 Å². The van der Waals surface area contributed by atoms with Crippen LogP contribution in [-0.4, -0.2) is 19.3 Å². The third kappa shape index (κ3) is 6.76. The number of fused-ring (bicyclic) bond motifs is 3. The van der Waals surface area contributed by atoms with Gasteiger partial charge < -0.3 is 9.30 Å². The average molecular weight is 868 g/mol. The molecule has 5 nitrogen and oxygen atoms in total. The molecule has 0 unspecified atom stereocenters. The van der Waals surface area contributed by atoms with Crippen LogP contribution in [0.15, 0.2) is 85.1 Å². The van der Waals surface area contributed by atoms with Gasteiger partial charge in [-0.3, -0.25) is 4.68 Å². The zero-order valence-corrected chi connectivity index (χ0v) is 33.9. The van der Waals surface area contributed by atoms with E-state index >= 15 is 0 Å². The van der Waals surface area contributed by atoms with Gasteiger partial charge in [0.15, 0.2) is 0 Å². The molecule has 7 rings (SSSR count). The minimum absolute atomic E-state index is 0. The summed E-state index contributed by atoms with van der Waals surface area (Å²) in [5.74, 6) is 2.83. The Morgan fingerprint density at radius 2 is 1.40 bits per heavy atom. The summed E-state index contributed by atoms with van der Waals surface area (Å²) in [6.07, 6.45) is 5.56. The minimum atomic E-state index is 0. The molecule has 52 heavy (non-hydrogen) atoms. The second-order valence-corrected chi connectivity index (χ2v) is 14.0. The summed E-state index contributed by atoms with van der Waals surface area (Å²) in [6, 6.07) is 35.2. The first-order chi connectivity index (χ1) is 24.8. The largest absolute Gasteiger partial charge is 2.00 e. The molecular formula is C46H48N4OPt. The molecule has 3 heterocycles. The van der Waals surface area contributed by atoms with Crippen LogP contribution in [0.4, 0.5) is 0 Å². The molecule has 0 N–H and O–H groups in total. The van der Waals surface area contributed by atoms with E-state index in [4.69, 9.17) is 14.8 Å². The quantitative estimate of drug-likeness (QED) is 0.122. The number of rotatable bonds is 11. The van der Waals surface area contributed by atoms with Crippen molar-refractivity contribution in [2.75, 3.05) is 0 Å². The van der Waals surface area contributed by atoms with E-state index in [1.165, 1.54) is 39.1 Å². The number of hydrogen-bond acceptors (Lipinski definition) is 3. The van der Waals surface area contributed by atoms with Crippen molar-refractivity contribution in [1.29, 1.82) is 0 Å². The van der Waals surface area contributed by atoms with Crippen molar-refractivity contribution in [3.63, 3.8) is 0 Å². The Hall–Kier alpha value is -4.47. The molecule has 3 aromatic heterocycles. The van der Waals surface area contributed by atoms with E-state index in [0.29, 0.717) is 17.4 Å². The number of nitrogens with zero attached hydrogens (tertiary/aromatic N) is 4. The Morgan fingerprint density at radius 3 is 2.08 bits per heavy atom. The number of pyridine rings is 1. The fraction of sp³-hybridized carbons (Fsp3) is 0.304. The maximum atomic E-state index is 6.70. The Morgan fingerprint density at radius 1 is 0.673 bits per heavy atom. The molecule has 0 bridgehead atoms. The van der Waals surface area contributed by atoms with Crippen LogP contribution in [0.5, 0.6) is 11.5 Å². The molecule has 0 aliphatic rings. The van der Waals surface area contributed by atoms with Gasteiger partial charge in [-0.15, -0.1) is 41.3 Å². The number of hydrogen-bond donors (Lipinski definition) is 0. The van der Waals surface area contributed by atoms with Crippen LogP contribution >= 0.6 is 0 Å². The molecule has 7 aromatic rings. The van der Waals surface area contributed by atoms with Crippen molar-refractivity contribution >= 4 is 21.8 Å². The zero-order chi connectivity index (χ0) is 35.8. The van der Waals surface area contributed by atoms with Gasteiger partial charge in [-0.1, -0.05) is 97.3 Å². The minimum Gasteiger partial charge on any atom is -0.509 e. The first-order valence-corrected chi connectivity index (χ1v) is 18.6. The van der Waals surface area contributed by atoms with Crippen molar-refractivity contribution in [2.45, 2.75) is 92.9 Å². The Kier molecular flexibility index (Phi) is 11.2. The van der Waals surface area contributed by atoms with E-state index in [0.717, 1.165) is 64.7 Å². The summed E-state index contributed by atoms with van der Waals surface area (Å²) in [5.41, 5.74) is 13.0. The molecule has 0 saturated carbocycles. The molecule has 0 saturated heterocycles. The van der Waals surface area contributed by atoms with Gasteiger partial charge in [0.1, 0.15) is 5.82 Å². The van der Waals surface area contributed by atoms with Gasteiger partial charge >= 0.3 is 21.1 Å². The van der Waals surface area contributed by atoms with Gasteiger partial charge in [0.2, 0.25) is 0 Å². The van der Waals surface area contributed by atoms with Gasteiger partial charge in [0.05, 0.1) is 5.69 Å². The maximum Gasteiger partial charge on any atom is 2.00 e. The average Bonchev–Trinajstić information content (AvgIpc) is 3.69. The van der Waals surface area contributed by atoms with Crippen LogP contribution in [0.1, 0.15) is 101 Å². The SMILES string of the molecule is CCc1cccc(CC)c1-c1c(CC)nn(-c2[c-]c(Oc3[c-]c4c(cc3)c3ccccc3n4-c3cc(C(C)C)ccn3)cc(C(C)C)c2)c1CC.[Pt+2]. The second kappa shape index (κ2) is 15.6. The zero-order valence-electron chi connectivity index (χ0n) is 31.6. The molecule has 0 aliphatic carbocycles. The van der Waals surface area contributed by atoms with Crippen molar-refractivity contribution in [2.24, 2.45) is 0 Å². The molecule has 6 heteroatoms. The normalized spacial score (nSPS) is 11.6. The van der Waals surface area contributed by atoms with E-state index in [1.807, 2.05) is 12.3 Å². The molecule has 0 amide bonds. The summed E-state index contributed by atoms with van der Waals surface area (Å²) in [7, 11) is 0. The van der Waals surface area contributed by atoms with E-state index in [1.54, 1.807) is 0 Å². The Bertz CT molecular complexity index is 2340. The fourth-order valence-electron chi connectivity index (χ4n) is 7.39. The fourth-order valence-corrected chi connectivity index (χ4v) is 7.39. The molecular weight excluding hydrogens is 820 g/mol. The van der Waals surface area contributed by atoms with Gasteiger partial charge in [-0.25, -0.2) is 4.98 Å². The monoisotopic (exact) mass is 867 g/mol. The van der Waals surface area contributed by atoms with Crippen LogP contribution in [0.3, 0.4) is 0 Å². The predicted octanol–water partition coefficient (Wildman–Crippen LogP) is 11.9. The van der Waals surface area contributed by atoms with Crippen molar-refractivity contribution in [3.8, 4) is 34.1 Å². The summed E-state index contributed by atoms with van der Waals surface area (Å²) >= 11 is 0. The first kappa shape index (κ1) is 37.3. The third-order valence-electron chi connectivity index (χ3n) is 10.2. The van der Waals surface area contributed by atoms with Crippen LogP contribution < -0.4 is 4.74 Å². The van der Waals surface area contributed by atoms with E-state index < -0.39 is 0 Å². The molecule has 0 aliphatic heterocycles. The Balaban J connectivity index is 0.00000464. The number of aryl methyl sites for hydroxylation is 3. The van der Waals surface area contributed by atoms with Crippen molar-refractivity contribution in [1.82, 2.24) is 19.3 Å². The van der Waals surface area contributed by atoms with Crippen LogP contribution in [0.2, 0.25) is 0 Å². The topological polar surface area (TPSA) is 44.9 Å². The maximum absolute atomic E-state index is 6.70. The summed E-state index contributed by atoms with van der Waals surface area (Å²) in [6.45, 7) is 17.8. The summed E-state index contributed by atoms with van der Waals surface area (Å²) in [5, 5.41) is 7.56. The van der Waals surface area contributed by atoms with Crippen molar-refractivity contribution in [3.05, 3.63) is 131 Å². The molecule has 0 fully saturated rings. The molecule has 268 valence electrons. The predicted molar refractivity (Wildman–Crippen MR) is 211 cm³/mol. The molecule has 4 aromatic carbocycles. The van der Waals surface area contributed by atoms with E-state index in [2.05, 4.69) is 150 Å². The molecule has 0 radical (unpaired) electrons. The number of aromatic nitrogens is 4. The second-order valence-electron chi connectivity index (χ2n) is 14.0. The number of ether oxygens (including phenoxy) is 1. The van der Waals surface area contributed by atoms with Gasteiger partial charge in [-0.05, 0) is 89.0 Å². The van der Waals surface area contributed by atoms with Crippen LogP contribution in [-0.2, 0) is 46.7 Å². The number of para-hydroxylation sites is 1.